The second kappa shape index (κ2) is 2.97. The molecule has 0 N–H and O–H groups in total. The van der Waals surface area contributed by atoms with Gasteiger partial charge in [-0.2, -0.15) is 0 Å². The van der Waals surface area contributed by atoms with Crippen LogP contribution < -0.4 is 0 Å². The van der Waals surface area contributed by atoms with Gasteiger partial charge in [0.25, 0.3) is 0 Å². The van der Waals surface area contributed by atoms with E-state index in [1.54, 1.807) is 0 Å². The average Bonchev–Trinajstić information content (AvgIpc) is 3.12. The lowest BCUT2D eigenvalue weighted by atomic mass is 9.73. The second-order valence-electron chi connectivity index (χ2n) is 8.43. The quantitative estimate of drug-likeness (QED) is 0.640. The number of epoxide rings is 2. The standard InChI is InChI=1S/C21H14O4/c1-3-13-17-9-7-15-20(17,24-15)22-5-6-23-21-16(25-21)8-10-12-2-4-14(18(10)21)19(12,13)11(1)9/h1-4,15-16H,5-8H2. The van der Waals surface area contributed by atoms with E-state index >= 15 is 0 Å². The van der Waals surface area contributed by atoms with E-state index in [1.807, 2.05) is 0 Å². The Bertz CT molecular complexity index is 993. The first-order chi connectivity index (χ1) is 12.3. The lowest BCUT2D eigenvalue weighted by Crippen LogP contribution is -2.25. The molecular weight excluding hydrogens is 316 g/mol. The third-order valence-electron chi connectivity index (χ3n) is 7.80. The van der Waals surface area contributed by atoms with E-state index < -0.39 is 11.6 Å². The van der Waals surface area contributed by atoms with Crippen LogP contribution in [0.15, 0.2) is 68.9 Å². The van der Waals surface area contributed by atoms with Gasteiger partial charge in [0.05, 0.1) is 18.6 Å². The molecule has 0 aromatic carbocycles. The lowest BCUT2D eigenvalue weighted by Gasteiger charge is -2.27. The fraction of sp³-hybridized carbons (Fsp3) is 0.429. The van der Waals surface area contributed by atoms with E-state index in [9.17, 15) is 0 Å². The molecule has 0 aromatic heterocycles. The van der Waals surface area contributed by atoms with Crippen LogP contribution in [-0.4, -0.2) is 37.0 Å². The largest absolute Gasteiger partial charge is 0.341 e. The Morgan fingerprint density at radius 1 is 0.680 bits per heavy atom. The number of hydrogen-bond acceptors (Lipinski definition) is 4. The minimum atomic E-state index is -0.508. The van der Waals surface area contributed by atoms with Crippen molar-refractivity contribution in [3.63, 3.8) is 0 Å². The van der Waals surface area contributed by atoms with Gasteiger partial charge in [-0.15, -0.1) is 0 Å². The smallest absolute Gasteiger partial charge is 0.223 e. The third-order valence-corrected chi connectivity index (χ3v) is 7.80. The molecular formula is C21H14O4. The van der Waals surface area contributed by atoms with Gasteiger partial charge in [-0.3, -0.25) is 0 Å². The van der Waals surface area contributed by atoms with Gasteiger partial charge in [0.1, 0.15) is 12.2 Å². The molecule has 3 heterocycles. The Kier molecular flexibility index (Phi) is 1.40. The highest BCUT2D eigenvalue weighted by molar-refractivity contribution is 5.87. The van der Waals surface area contributed by atoms with E-state index in [-0.39, 0.29) is 17.6 Å². The van der Waals surface area contributed by atoms with Crippen LogP contribution in [0.4, 0.5) is 0 Å². The summed E-state index contributed by atoms with van der Waals surface area (Å²) in [6.45, 7) is 1.10. The zero-order chi connectivity index (χ0) is 15.8. The number of ether oxygens (including phenoxy) is 4. The van der Waals surface area contributed by atoms with Gasteiger partial charge >= 0.3 is 0 Å². The van der Waals surface area contributed by atoms with Crippen molar-refractivity contribution in [1.82, 2.24) is 0 Å². The Hall–Kier alpha value is -1.72. The number of rotatable bonds is 0. The molecule has 3 aliphatic heterocycles. The van der Waals surface area contributed by atoms with E-state index in [0.717, 1.165) is 12.8 Å². The summed E-state index contributed by atoms with van der Waals surface area (Å²) >= 11 is 0. The fourth-order valence-electron chi connectivity index (χ4n) is 7.02. The number of hydrogen-bond donors (Lipinski definition) is 0. The molecule has 7 bridgehead atoms. The van der Waals surface area contributed by atoms with Crippen LogP contribution in [0, 0.1) is 5.41 Å². The van der Waals surface area contributed by atoms with Crippen molar-refractivity contribution < 1.29 is 18.9 Å². The topological polar surface area (TPSA) is 43.5 Å². The van der Waals surface area contributed by atoms with Crippen LogP contribution >= 0.6 is 0 Å². The Morgan fingerprint density at radius 3 is 1.68 bits per heavy atom. The molecule has 4 unspecified atom stereocenters. The second-order valence-corrected chi connectivity index (χ2v) is 8.43. The molecule has 0 amide bonds. The molecule has 2 saturated heterocycles. The maximum absolute atomic E-state index is 6.29. The zero-order valence-electron chi connectivity index (χ0n) is 13.4. The van der Waals surface area contributed by atoms with Crippen molar-refractivity contribution in [3.8, 4) is 0 Å². The van der Waals surface area contributed by atoms with Gasteiger partial charge in [0.15, 0.2) is 0 Å². The highest BCUT2D eigenvalue weighted by atomic mass is 16.8. The molecule has 0 radical (unpaired) electrons. The zero-order valence-corrected chi connectivity index (χ0v) is 13.4. The van der Waals surface area contributed by atoms with E-state index in [0.29, 0.717) is 13.2 Å². The summed E-state index contributed by atoms with van der Waals surface area (Å²) in [5.41, 5.74) is 11.3. The van der Waals surface area contributed by atoms with Crippen molar-refractivity contribution in [1.29, 1.82) is 0 Å². The Morgan fingerprint density at radius 2 is 1.16 bits per heavy atom. The summed E-state index contributed by atoms with van der Waals surface area (Å²) in [5, 5.41) is 0. The maximum Gasteiger partial charge on any atom is 0.223 e. The van der Waals surface area contributed by atoms with Crippen LogP contribution in [0.3, 0.4) is 0 Å². The molecule has 25 heavy (non-hydrogen) atoms. The molecule has 122 valence electrons. The van der Waals surface area contributed by atoms with Crippen molar-refractivity contribution in [2.75, 3.05) is 13.2 Å². The SMILES string of the molecule is C1=CC2=C3C4=C1C21C2=C5CC6OC6(OCCOC36OC6C4)C5=C1C=C2. The molecule has 2 saturated carbocycles. The summed E-state index contributed by atoms with van der Waals surface area (Å²) in [7, 11) is 0. The minimum Gasteiger partial charge on any atom is -0.341 e. The van der Waals surface area contributed by atoms with Crippen molar-refractivity contribution in [2.45, 2.75) is 36.6 Å². The van der Waals surface area contributed by atoms with Crippen LogP contribution in [0.5, 0.6) is 0 Å². The lowest BCUT2D eigenvalue weighted by molar-refractivity contribution is -0.0772. The van der Waals surface area contributed by atoms with Gasteiger partial charge in [-0.05, 0) is 33.4 Å². The number of allylic oxidation sites excluding steroid dienone is 8. The highest BCUT2D eigenvalue weighted by Crippen LogP contribution is 2.77. The minimum absolute atomic E-state index is 0.0970. The molecule has 0 aromatic rings. The van der Waals surface area contributed by atoms with Crippen LogP contribution in [0.1, 0.15) is 12.8 Å². The van der Waals surface area contributed by atoms with E-state index in [4.69, 9.17) is 18.9 Å². The van der Waals surface area contributed by atoms with Crippen molar-refractivity contribution >= 4 is 0 Å². The average molecular weight is 330 g/mol. The van der Waals surface area contributed by atoms with Crippen molar-refractivity contribution in [3.05, 3.63) is 68.9 Å². The third kappa shape index (κ3) is 0.859. The van der Waals surface area contributed by atoms with E-state index in [1.165, 1.54) is 44.6 Å². The predicted molar refractivity (Wildman–Crippen MR) is 85.2 cm³/mol. The van der Waals surface area contributed by atoms with Crippen LogP contribution in [0.2, 0.25) is 0 Å². The van der Waals surface area contributed by atoms with Gasteiger partial charge in [-0.1, -0.05) is 24.3 Å². The molecule has 3 spiro atoms. The Labute approximate surface area is 143 Å². The van der Waals surface area contributed by atoms with Gasteiger partial charge in [0.2, 0.25) is 11.6 Å². The first-order valence-corrected chi connectivity index (χ1v) is 9.29. The molecule has 9 aliphatic rings. The highest BCUT2D eigenvalue weighted by Gasteiger charge is 2.77. The Balaban J connectivity index is 1.45. The normalized spacial score (nSPS) is 53.4. The fourth-order valence-corrected chi connectivity index (χ4v) is 7.02. The monoisotopic (exact) mass is 330 g/mol. The van der Waals surface area contributed by atoms with Crippen LogP contribution in [-0.2, 0) is 18.9 Å². The summed E-state index contributed by atoms with van der Waals surface area (Å²) in [5.74, 6) is -1.02. The van der Waals surface area contributed by atoms with Gasteiger partial charge < -0.3 is 18.9 Å². The molecule has 4 fully saturated rings. The summed E-state index contributed by atoms with van der Waals surface area (Å²) in [4.78, 5) is 0. The first-order valence-electron chi connectivity index (χ1n) is 9.29. The van der Waals surface area contributed by atoms with E-state index in [2.05, 4.69) is 24.3 Å². The van der Waals surface area contributed by atoms with Crippen LogP contribution in [0.25, 0.3) is 0 Å². The predicted octanol–water partition coefficient (Wildman–Crippen LogP) is 2.37. The maximum atomic E-state index is 6.29. The summed E-state index contributed by atoms with van der Waals surface area (Å²) < 4.78 is 24.7. The van der Waals surface area contributed by atoms with Gasteiger partial charge in [-0.25, -0.2) is 0 Å². The molecule has 9 rings (SSSR count). The first kappa shape index (κ1) is 11.8. The summed E-state index contributed by atoms with van der Waals surface area (Å²) in [6.07, 6.45) is 11.7. The van der Waals surface area contributed by atoms with Gasteiger partial charge in [0, 0.05) is 24.0 Å². The molecule has 4 atom stereocenters. The molecule has 4 heteroatoms. The molecule has 4 nitrogen and oxygen atoms in total. The summed E-state index contributed by atoms with van der Waals surface area (Å²) in [6, 6.07) is 0. The molecule has 6 aliphatic carbocycles. The van der Waals surface area contributed by atoms with Crippen molar-refractivity contribution in [2.24, 2.45) is 5.41 Å².